The highest BCUT2D eigenvalue weighted by atomic mass is 32.2. The summed E-state index contributed by atoms with van der Waals surface area (Å²) in [5.41, 5.74) is 6.35. The Labute approximate surface area is 193 Å². The maximum atomic E-state index is 13.0. The molecule has 1 fully saturated rings. The molecule has 1 aromatic heterocycles. The zero-order chi connectivity index (χ0) is 24.6. The lowest BCUT2D eigenvalue weighted by atomic mass is 9.97. The molecule has 3 rings (SSSR count). The number of halogens is 3. The third-order valence-electron chi connectivity index (χ3n) is 5.13. The average molecular weight is 527 g/mol. The number of nitrogens with two attached hydrogens (primary N) is 1. The number of sulfonamides is 1. The fourth-order valence-electron chi connectivity index (χ4n) is 3.64. The summed E-state index contributed by atoms with van der Waals surface area (Å²) in [5.74, 6) is -3.19. The van der Waals surface area contributed by atoms with Crippen LogP contribution in [0.25, 0.3) is 0 Å². The SMILES string of the molecule is CS(=O)(=O)N1CC(c2ccccc2)CC1CS(=O)(=O)c1ccc(C(N)OC(=O)C(F)(F)F)s1. The molecule has 14 heteroatoms. The molecule has 0 aliphatic carbocycles. The number of ether oxygens (including phenoxy) is 1. The quantitative estimate of drug-likeness (QED) is 0.434. The van der Waals surface area contributed by atoms with Gasteiger partial charge in [0.2, 0.25) is 10.0 Å². The molecule has 3 atom stereocenters. The summed E-state index contributed by atoms with van der Waals surface area (Å²) in [5, 5.41) is 0. The highest BCUT2D eigenvalue weighted by molar-refractivity contribution is 7.93. The standard InChI is InChI=1S/C19H21F3N2O6S3/c1-32(26,27)24-10-13(12-5-3-2-4-6-12)9-14(24)11-33(28,29)16-8-7-15(31-16)17(23)30-18(25)19(20,21)22/h2-8,13-14,17H,9-11,23H2,1H3. The van der Waals surface area contributed by atoms with Crippen LogP contribution < -0.4 is 5.73 Å². The highest BCUT2D eigenvalue weighted by Gasteiger charge is 2.43. The van der Waals surface area contributed by atoms with Gasteiger partial charge in [0.1, 0.15) is 4.21 Å². The maximum absolute atomic E-state index is 13.0. The van der Waals surface area contributed by atoms with E-state index in [0.717, 1.165) is 28.3 Å². The van der Waals surface area contributed by atoms with Crippen molar-refractivity contribution < 1.29 is 39.5 Å². The summed E-state index contributed by atoms with van der Waals surface area (Å²) in [4.78, 5) is 10.9. The summed E-state index contributed by atoms with van der Waals surface area (Å²) in [7, 11) is -7.71. The monoisotopic (exact) mass is 526 g/mol. The largest absolute Gasteiger partial charge is 0.490 e. The van der Waals surface area contributed by atoms with Crippen molar-refractivity contribution in [3.63, 3.8) is 0 Å². The zero-order valence-electron chi connectivity index (χ0n) is 17.2. The van der Waals surface area contributed by atoms with Crippen molar-refractivity contribution >= 4 is 37.2 Å². The fraction of sp³-hybridized carbons (Fsp3) is 0.421. The van der Waals surface area contributed by atoms with E-state index in [2.05, 4.69) is 4.74 Å². The van der Waals surface area contributed by atoms with E-state index in [4.69, 9.17) is 5.73 Å². The van der Waals surface area contributed by atoms with Gasteiger partial charge in [-0.3, -0.25) is 5.73 Å². The number of hydrogen-bond donors (Lipinski definition) is 1. The van der Waals surface area contributed by atoms with Gasteiger partial charge in [-0.15, -0.1) is 11.3 Å². The fourth-order valence-corrected chi connectivity index (χ4v) is 7.82. The van der Waals surface area contributed by atoms with Crippen molar-refractivity contribution in [2.45, 2.75) is 35.0 Å². The van der Waals surface area contributed by atoms with E-state index in [0.29, 0.717) is 11.3 Å². The Morgan fingerprint density at radius 1 is 1.18 bits per heavy atom. The molecule has 1 aliphatic heterocycles. The van der Waals surface area contributed by atoms with Gasteiger partial charge in [0, 0.05) is 12.6 Å². The van der Waals surface area contributed by atoms with Gasteiger partial charge in [-0.25, -0.2) is 21.6 Å². The summed E-state index contributed by atoms with van der Waals surface area (Å²) >= 11 is 0.564. The number of nitrogens with zero attached hydrogens (tertiary/aromatic N) is 1. The molecule has 0 saturated carbocycles. The van der Waals surface area contributed by atoms with Gasteiger partial charge in [0.15, 0.2) is 16.1 Å². The van der Waals surface area contributed by atoms with Gasteiger partial charge in [-0.2, -0.15) is 17.5 Å². The molecule has 0 radical (unpaired) electrons. The number of rotatable bonds is 7. The first-order valence-corrected chi connectivity index (χ1v) is 13.9. The average Bonchev–Trinajstić information content (AvgIpc) is 3.35. The summed E-state index contributed by atoms with van der Waals surface area (Å²) < 4.78 is 92.7. The minimum absolute atomic E-state index is 0.0975. The van der Waals surface area contributed by atoms with Crippen LogP contribution in [0.15, 0.2) is 46.7 Å². The molecule has 0 spiro atoms. The summed E-state index contributed by atoms with van der Waals surface area (Å²) in [6.07, 6.45) is -5.74. The van der Waals surface area contributed by atoms with Crippen LogP contribution in [-0.2, 0) is 29.4 Å². The Morgan fingerprint density at radius 3 is 2.39 bits per heavy atom. The first-order valence-electron chi connectivity index (χ1n) is 9.56. The van der Waals surface area contributed by atoms with E-state index in [1.165, 1.54) is 0 Å². The number of carbonyl (C=O) groups is 1. The first-order chi connectivity index (χ1) is 15.2. The molecule has 3 unspecified atom stereocenters. The van der Waals surface area contributed by atoms with Gasteiger partial charge in [0.25, 0.3) is 0 Å². The predicted molar refractivity (Wildman–Crippen MR) is 115 cm³/mol. The minimum Gasteiger partial charge on any atom is -0.435 e. The number of hydrogen-bond acceptors (Lipinski definition) is 8. The summed E-state index contributed by atoms with van der Waals surface area (Å²) in [6.45, 7) is 0.136. The molecule has 1 saturated heterocycles. The molecule has 0 amide bonds. The molecule has 2 N–H and O–H groups in total. The van der Waals surface area contributed by atoms with E-state index in [1.807, 2.05) is 30.3 Å². The van der Waals surface area contributed by atoms with Crippen molar-refractivity contribution in [3.05, 3.63) is 52.9 Å². The smallest absolute Gasteiger partial charge is 0.435 e. The molecule has 2 aromatic rings. The number of carbonyl (C=O) groups excluding carboxylic acids is 1. The Bertz CT molecular complexity index is 1210. The van der Waals surface area contributed by atoms with Crippen LogP contribution >= 0.6 is 11.3 Å². The van der Waals surface area contributed by atoms with Crippen LogP contribution in [0.1, 0.15) is 29.0 Å². The van der Waals surface area contributed by atoms with Crippen molar-refractivity contribution in [1.29, 1.82) is 0 Å². The van der Waals surface area contributed by atoms with Gasteiger partial charge in [-0.05, 0) is 30.0 Å². The van der Waals surface area contributed by atoms with Gasteiger partial charge < -0.3 is 4.74 Å². The normalized spacial score (nSPS) is 21.1. The van der Waals surface area contributed by atoms with E-state index in [9.17, 15) is 34.8 Å². The Balaban J connectivity index is 1.78. The van der Waals surface area contributed by atoms with E-state index < -0.39 is 50.0 Å². The highest BCUT2D eigenvalue weighted by Crippen LogP contribution is 2.36. The number of alkyl halides is 3. The third kappa shape index (κ3) is 6.12. The second-order valence-corrected chi connectivity index (χ2v) is 12.9. The first kappa shape index (κ1) is 25.6. The maximum Gasteiger partial charge on any atom is 0.490 e. The van der Waals surface area contributed by atoms with Crippen LogP contribution in [0.5, 0.6) is 0 Å². The van der Waals surface area contributed by atoms with Crippen molar-refractivity contribution in [1.82, 2.24) is 4.31 Å². The lowest BCUT2D eigenvalue weighted by Gasteiger charge is -2.21. The van der Waals surface area contributed by atoms with Crippen LogP contribution in [0.2, 0.25) is 0 Å². The van der Waals surface area contributed by atoms with E-state index in [-0.39, 0.29) is 28.0 Å². The van der Waals surface area contributed by atoms with Crippen molar-refractivity contribution in [2.75, 3.05) is 18.6 Å². The van der Waals surface area contributed by atoms with Gasteiger partial charge in [-0.1, -0.05) is 30.3 Å². The molecule has 0 bridgehead atoms. The number of thiophene rings is 1. The molecular formula is C19H21F3N2O6S3. The van der Waals surface area contributed by atoms with Gasteiger partial charge >= 0.3 is 12.1 Å². The molecule has 1 aromatic carbocycles. The van der Waals surface area contributed by atoms with Crippen LogP contribution in [0.4, 0.5) is 13.2 Å². The Kier molecular flexibility index (Phi) is 7.24. The number of esters is 1. The van der Waals surface area contributed by atoms with E-state index >= 15 is 0 Å². The predicted octanol–water partition coefficient (Wildman–Crippen LogP) is 2.40. The topological polar surface area (TPSA) is 124 Å². The Morgan fingerprint density at radius 2 is 1.82 bits per heavy atom. The molecule has 1 aliphatic rings. The molecular weight excluding hydrogens is 505 g/mol. The second kappa shape index (κ2) is 9.33. The lowest BCUT2D eigenvalue weighted by Crippen LogP contribution is -2.38. The zero-order valence-corrected chi connectivity index (χ0v) is 19.7. The van der Waals surface area contributed by atoms with E-state index in [1.54, 1.807) is 0 Å². The van der Waals surface area contributed by atoms with Crippen LogP contribution in [0.3, 0.4) is 0 Å². The van der Waals surface area contributed by atoms with Gasteiger partial charge in [0.05, 0.1) is 16.9 Å². The van der Waals surface area contributed by atoms with Crippen molar-refractivity contribution in [3.8, 4) is 0 Å². The third-order valence-corrected chi connectivity index (χ3v) is 9.95. The minimum atomic E-state index is -5.24. The molecule has 182 valence electrons. The van der Waals surface area contributed by atoms with Crippen LogP contribution in [0, 0.1) is 0 Å². The molecule has 33 heavy (non-hydrogen) atoms. The van der Waals surface area contributed by atoms with Crippen LogP contribution in [-0.4, -0.2) is 57.9 Å². The Hall–Kier alpha value is -2.00. The summed E-state index contributed by atoms with van der Waals surface area (Å²) in [6, 6.07) is 10.6. The lowest BCUT2D eigenvalue weighted by molar-refractivity contribution is -0.204. The van der Waals surface area contributed by atoms with Crippen molar-refractivity contribution in [2.24, 2.45) is 5.73 Å². The number of benzene rings is 1. The number of sulfone groups is 1. The molecule has 8 nitrogen and oxygen atoms in total. The second-order valence-electron chi connectivity index (χ2n) is 7.59. The molecule has 2 heterocycles.